The molecule has 0 saturated carbocycles. The second-order valence-corrected chi connectivity index (χ2v) is 5.62. The SMILES string of the molecule is COCCNCCCSc1ccc2ccccc2c1. The lowest BCUT2D eigenvalue weighted by atomic mass is 10.1. The number of nitrogens with one attached hydrogen (secondary N) is 1. The zero-order chi connectivity index (χ0) is 13.3. The van der Waals surface area contributed by atoms with Gasteiger partial charge >= 0.3 is 0 Å². The van der Waals surface area contributed by atoms with Crippen LogP contribution in [0.15, 0.2) is 47.4 Å². The molecule has 2 rings (SSSR count). The van der Waals surface area contributed by atoms with Gasteiger partial charge in [-0.3, -0.25) is 0 Å². The van der Waals surface area contributed by atoms with E-state index in [-0.39, 0.29) is 0 Å². The molecule has 0 fully saturated rings. The highest BCUT2D eigenvalue weighted by Gasteiger charge is 1.97. The van der Waals surface area contributed by atoms with Crippen LogP contribution in [0.4, 0.5) is 0 Å². The summed E-state index contributed by atoms with van der Waals surface area (Å²) in [5, 5.41) is 6.00. The molecule has 0 aliphatic rings. The molecular weight excluding hydrogens is 254 g/mol. The van der Waals surface area contributed by atoms with E-state index >= 15 is 0 Å². The van der Waals surface area contributed by atoms with E-state index in [4.69, 9.17) is 4.74 Å². The second kappa shape index (κ2) is 8.20. The van der Waals surface area contributed by atoms with Crippen LogP contribution in [0.5, 0.6) is 0 Å². The molecule has 0 aliphatic carbocycles. The quantitative estimate of drug-likeness (QED) is 0.588. The smallest absolute Gasteiger partial charge is 0.0587 e. The van der Waals surface area contributed by atoms with E-state index in [1.165, 1.54) is 22.1 Å². The minimum atomic E-state index is 0.790. The Morgan fingerprint density at radius 3 is 2.74 bits per heavy atom. The van der Waals surface area contributed by atoms with Crippen molar-refractivity contribution in [3.8, 4) is 0 Å². The van der Waals surface area contributed by atoms with Crippen LogP contribution >= 0.6 is 11.8 Å². The number of hydrogen-bond acceptors (Lipinski definition) is 3. The van der Waals surface area contributed by atoms with E-state index in [0.717, 1.165) is 25.4 Å². The minimum absolute atomic E-state index is 0.790. The minimum Gasteiger partial charge on any atom is -0.383 e. The average molecular weight is 275 g/mol. The van der Waals surface area contributed by atoms with Crippen LogP contribution in [0, 0.1) is 0 Å². The first kappa shape index (κ1) is 14.4. The fourth-order valence-electron chi connectivity index (χ4n) is 1.94. The van der Waals surface area contributed by atoms with Crippen molar-refractivity contribution in [1.82, 2.24) is 5.32 Å². The number of rotatable bonds is 8. The molecule has 0 spiro atoms. The van der Waals surface area contributed by atoms with E-state index < -0.39 is 0 Å². The summed E-state index contributed by atoms with van der Waals surface area (Å²) >= 11 is 1.93. The van der Waals surface area contributed by atoms with Crippen molar-refractivity contribution in [2.75, 3.05) is 32.6 Å². The zero-order valence-electron chi connectivity index (χ0n) is 11.4. The van der Waals surface area contributed by atoms with Gasteiger partial charge in [0.05, 0.1) is 6.61 Å². The van der Waals surface area contributed by atoms with Gasteiger partial charge in [0.25, 0.3) is 0 Å². The Hall–Kier alpha value is -1.03. The predicted molar refractivity (Wildman–Crippen MR) is 84.0 cm³/mol. The summed E-state index contributed by atoms with van der Waals surface area (Å²) in [6.45, 7) is 2.79. The molecule has 2 nitrogen and oxygen atoms in total. The van der Waals surface area contributed by atoms with Gasteiger partial charge in [-0.15, -0.1) is 11.8 Å². The largest absolute Gasteiger partial charge is 0.383 e. The van der Waals surface area contributed by atoms with Gasteiger partial charge in [-0.2, -0.15) is 0 Å². The molecule has 3 heteroatoms. The van der Waals surface area contributed by atoms with E-state index in [1.54, 1.807) is 7.11 Å². The average Bonchev–Trinajstić information content (AvgIpc) is 2.46. The van der Waals surface area contributed by atoms with Gasteiger partial charge in [0, 0.05) is 18.6 Å². The number of thioether (sulfide) groups is 1. The standard InChI is InChI=1S/C16H21NOS/c1-18-11-10-17-9-4-12-19-16-8-7-14-5-2-3-6-15(14)13-16/h2-3,5-8,13,17H,4,9-12H2,1H3. The van der Waals surface area contributed by atoms with Crippen LogP contribution in [0.25, 0.3) is 10.8 Å². The molecule has 0 radical (unpaired) electrons. The van der Waals surface area contributed by atoms with Crippen LogP contribution in [0.2, 0.25) is 0 Å². The Kier molecular flexibility index (Phi) is 6.21. The maximum Gasteiger partial charge on any atom is 0.0587 e. The predicted octanol–water partition coefficient (Wildman–Crippen LogP) is 3.56. The third kappa shape index (κ3) is 4.86. The number of fused-ring (bicyclic) bond motifs is 1. The van der Waals surface area contributed by atoms with Gasteiger partial charge < -0.3 is 10.1 Å². The summed E-state index contributed by atoms with van der Waals surface area (Å²) < 4.78 is 4.99. The normalized spacial score (nSPS) is 11.0. The van der Waals surface area contributed by atoms with Crippen LogP contribution in [-0.4, -0.2) is 32.6 Å². The van der Waals surface area contributed by atoms with Crippen LogP contribution in [0.1, 0.15) is 6.42 Å². The van der Waals surface area contributed by atoms with Crippen molar-refractivity contribution in [3.05, 3.63) is 42.5 Å². The van der Waals surface area contributed by atoms with Gasteiger partial charge in [-0.25, -0.2) is 0 Å². The summed E-state index contributed by atoms with van der Waals surface area (Å²) in [6, 6.07) is 15.2. The van der Waals surface area contributed by atoms with E-state index in [2.05, 4.69) is 47.8 Å². The molecule has 102 valence electrons. The Morgan fingerprint density at radius 1 is 1.05 bits per heavy atom. The Labute approximate surface area is 119 Å². The third-order valence-electron chi connectivity index (χ3n) is 2.97. The van der Waals surface area contributed by atoms with Gasteiger partial charge in [0.2, 0.25) is 0 Å². The number of methoxy groups -OCH3 is 1. The summed E-state index contributed by atoms with van der Waals surface area (Å²) in [5.74, 6) is 1.15. The first-order chi connectivity index (χ1) is 9.40. The lowest BCUT2D eigenvalue weighted by Gasteiger charge is -2.05. The van der Waals surface area contributed by atoms with Crippen molar-refractivity contribution < 1.29 is 4.74 Å². The molecular formula is C16H21NOS. The highest BCUT2D eigenvalue weighted by atomic mass is 32.2. The van der Waals surface area contributed by atoms with Crippen molar-refractivity contribution in [2.24, 2.45) is 0 Å². The van der Waals surface area contributed by atoms with E-state index in [0.29, 0.717) is 0 Å². The van der Waals surface area contributed by atoms with Crippen molar-refractivity contribution in [3.63, 3.8) is 0 Å². The molecule has 0 aliphatic heterocycles. The fourth-order valence-corrected chi connectivity index (χ4v) is 2.84. The lowest BCUT2D eigenvalue weighted by Crippen LogP contribution is -2.20. The first-order valence-electron chi connectivity index (χ1n) is 6.71. The Balaban J connectivity index is 1.72. The topological polar surface area (TPSA) is 21.3 Å². The molecule has 0 heterocycles. The lowest BCUT2D eigenvalue weighted by molar-refractivity contribution is 0.199. The molecule has 0 bridgehead atoms. The monoisotopic (exact) mass is 275 g/mol. The molecule has 2 aromatic carbocycles. The molecule has 0 aromatic heterocycles. The maximum absolute atomic E-state index is 4.99. The van der Waals surface area contributed by atoms with Crippen LogP contribution in [-0.2, 0) is 4.74 Å². The Morgan fingerprint density at radius 2 is 1.89 bits per heavy atom. The molecule has 19 heavy (non-hydrogen) atoms. The van der Waals surface area contributed by atoms with Crippen molar-refractivity contribution in [1.29, 1.82) is 0 Å². The summed E-state index contributed by atoms with van der Waals surface area (Å²) in [5.41, 5.74) is 0. The highest BCUT2D eigenvalue weighted by Crippen LogP contribution is 2.23. The highest BCUT2D eigenvalue weighted by molar-refractivity contribution is 7.99. The summed E-state index contributed by atoms with van der Waals surface area (Å²) in [4.78, 5) is 1.36. The maximum atomic E-state index is 4.99. The van der Waals surface area contributed by atoms with Gasteiger partial charge in [0.1, 0.15) is 0 Å². The van der Waals surface area contributed by atoms with Crippen LogP contribution < -0.4 is 5.32 Å². The molecule has 0 unspecified atom stereocenters. The van der Waals surface area contributed by atoms with Gasteiger partial charge in [-0.1, -0.05) is 30.3 Å². The van der Waals surface area contributed by atoms with Crippen molar-refractivity contribution in [2.45, 2.75) is 11.3 Å². The molecule has 0 saturated heterocycles. The zero-order valence-corrected chi connectivity index (χ0v) is 12.2. The molecule has 2 aromatic rings. The molecule has 1 N–H and O–H groups in total. The number of benzene rings is 2. The molecule has 0 atom stereocenters. The number of ether oxygens (including phenoxy) is 1. The van der Waals surface area contributed by atoms with Gasteiger partial charge in [0.15, 0.2) is 0 Å². The summed E-state index contributed by atoms with van der Waals surface area (Å²) in [7, 11) is 1.73. The van der Waals surface area contributed by atoms with Crippen LogP contribution in [0.3, 0.4) is 0 Å². The second-order valence-electron chi connectivity index (χ2n) is 4.45. The molecule has 0 amide bonds. The number of hydrogen-bond donors (Lipinski definition) is 1. The Bertz CT molecular complexity index is 501. The van der Waals surface area contributed by atoms with Crippen molar-refractivity contribution >= 4 is 22.5 Å². The first-order valence-corrected chi connectivity index (χ1v) is 7.70. The third-order valence-corrected chi connectivity index (χ3v) is 4.05. The fraction of sp³-hybridized carbons (Fsp3) is 0.375. The van der Waals surface area contributed by atoms with Gasteiger partial charge in [-0.05, 0) is 41.6 Å². The van der Waals surface area contributed by atoms with E-state index in [9.17, 15) is 0 Å². The summed E-state index contributed by atoms with van der Waals surface area (Å²) in [6.07, 6.45) is 1.18. The van der Waals surface area contributed by atoms with E-state index in [1.807, 2.05) is 11.8 Å².